The SMILES string of the molecule is C#CC(OC(C#C)c1ccccc1F)c1ccccc1F. The predicted octanol–water partition coefficient (Wildman–Crippen LogP) is 4.03. The van der Waals surface area contributed by atoms with E-state index in [1.165, 1.54) is 24.3 Å². The number of rotatable bonds is 4. The second-order valence-corrected chi connectivity index (χ2v) is 4.27. The molecule has 2 aromatic carbocycles. The van der Waals surface area contributed by atoms with Crippen LogP contribution in [0.1, 0.15) is 23.3 Å². The van der Waals surface area contributed by atoms with Crippen molar-refractivity contribution >= 4 is 0 Å². The lowest BCUT2D eigenvalue weighted by atomic mass is 10.1. The van der Waals surface area contributed by atoms with Crippen LogP contribution in [0.15, 0.2) is 48.5 Å². The topological polar surface area (TPSA) is 9.23 Å². The van der Waals surface area contributed by atoms with Gasteiger partial charge in [-0.25, -0.2) is 8.78 Å². The molecule has 0 aromatic heterocycles. The second kappa shape index (κ2) is 6.70. The third-order valence-corrected chi connectivity index (χ3v) is 2.95. The number of ether oxygens (including phenoxy) is 1. The van der Waals surface area contributed by atoms with Crippen LogP contribution in [0.4, 0.5) is 8.78 Å². The number of benzene rings is 2. The van der Waals surface area contributed by atoms with Gasteiger partial charge in [-0.3, -0.25) is 0 Å². The minimum Gasteiger partial charge on any atom is -0.340 e. The fourth-order valence-corrected chi connectivity index (χ4v) is 1.92. The number of terminal acetylenes is 2. The van der Waals surface area contributed by atoms with Crippen molar-refractivity contribution in [3.63, 3.8) is 0 Å². The summed E-state index contributed by atoms with van der Waals surface area (Å²) in [5.74, 6) is 3.67. The van der Waals surface area contributed by atoms with Gasteiger partial charge in [0.15, 0.2) is 0 Å². The summed E-state index contributed by atoms with van der Waals surface area (Å²) in [4.78, 5) is 0. The maximum absolute atomic E-state index is 13.8. The molecule has 21 heavy (non-hydrogen) atoms. The molecule has 0 spiro atoms. The molecular formula is C18H12F2O. The summed E-state index contributed by atoms with van der Waals surface area (Å²) in [7, 11) is 0. The van der Waals surface area contributed by atoms with Crippen molar-refractivity contribution in [2.24, 2.45) is 0 Å². The summed E-state index contributed by atoms with van der Waals surface area (Å²) in [6, 6.07) is 11.9. The Morgan fingerprint density at radius 1 is 0.762 bits per heavy atom. The summed E-state index contributed by atoms with van der Waals surface area (Å²) in [6.07, 6.45) is 8.79. The Morgan fingerprint density at radius 3 is 1.48 bits per heavy atom. The highest BCUT2D eigenvalue weighted by atomic mass is 19.1. The lowest BCUT2D eigenvalue weighted by Gasteiger charge is -2.19. The van der Waals surface area contributed by atoms with Gasteiger partial charge < -0.3 is 4.74 Å². The Bertz CT molecular complexity index is 648. The van der Waals surface area contributed by atoms with Crippen LogP contribution in [0, 0.1) is 36.3 Å². The Kier molecular flexibility index (Phi) is 4.72. The first-order chi connectivity index (χ1) is 10.2. The van der Waals surface area contributed by atoms with Crippen LogP contribution in [0.2, 0.25) is 0 Å². The van der Waals surface area contributed by atoms with Crippen LogP contribution >= 0.6 is 0 Å². The van der Waals surface area contributed by atoms with Gasteiger partial charge in [0.05, 0.1) is 0 Å². The van der Waals surface area contributed by atoms with Crippen molar-refractivity contribution in [2.45, 2.75) is 12.2 Å². The molecule has 0 N–H and O–H groups in total. The zero-order chi connectivity index (χ0) is 15.2. The molecule has 0 aliphatic carbocycles. The van der Waals surface area contributed by atoms with E-state index in [1.807, 2.05) is 0 Å². The highest BCUT2D eigenvalue weighted by molar-refractivity contribution is 5.29. The Balaban J connectivity index is 2.30. The summed E-state index contributed by atoms with van der Waals surface area (Å²) in [5, 5.41) is 0. The highest BCUT2D eigenvalue weighted by Gasteiger charge is 2.21. The summed E-state index contributed by atoms with van der Waals surface area (Å²) in [6.45, 7) is 0. The molecule has 0 bridgehead atoms. The van der Waals surface area contributed by atoms with E-state index < -0.39 is 23.8 Å². The van der Waals surface area contributed by atoms with E-state index in [2.05, 4.69) is 11.8 Å². The van der Waals surface area contributed by atoms with Crippen molar-refractivity contribution in [1.29, 1.82) is 0 Å². The average molecular weight is 282 g/mol. The first-order valence-corrected chi connectivity index (χ1v) is 6.24. The molecular weight excluding hydrogens is 270 g/mol. The third kappa shape index (κ3) is 3.28. The maximum Gasteiger partial charge on any atom is 0.148 e. The van der Waals surface area contributed by atoms with Gasteiger partial charge >= 0.3 is 0 Å². The van der Waals surface area contributed by atoms with Crippen LogP contribution in [-0.2, 0) is 4.74 Å². The lowest BCUT2D eigenvalue weighted by Crippen LogP contribution is -2.10. The molecule has 2 rings (SSSR count). The smallest absolute Gasteiger partial charge is 0.148 e. The molecule has 0 heterocycles. The number of hydrogen-bond acceptors (Lipinski definition) is 1. The van der Waals surface area contributed by atoms with Crippen molar-refractivity contribution in [2.75, 3.05) is 0 Å². The molecule has 2 aromatic rings. The van der Waals surface area contributed by atoms with Gasteiger partial charge in [-0.15, -0.1) is 12.8 Å². The van der Waals surface area contributed by atoms with E-state index in [9.17, 15) is 8.78 Å². The van der Waals surface area contributed by atoms with Crippen LogP contribution in [0.5, 0.6) is 0 Å². The van der Waals surface area contributed by atoms with Crippen molar-refractivity contribution in [1.82, 2.24) is 0 Å². The quantitative estimate of drug-likeness (QED) is 0.769. The van der Waals surface area contributed by atoms with Crippen LogP contribution in [0.3, 0.4) is 0 Å². The molecule has 0 aliphatic heterocycles. The van der Waals surface area contributed by atoms with E-state index in [0.717, 1.165) is 0 Å². The van der Waals surface area contributed by atoms with Crippen molar-refractivity contribution in [3.05, 3.63) is 71.3 Å². The standard InChI is InChI=1S/C18H12F2O/c1-3-17(13-9-5-7-11-15(13)19)21-18(4-2)14-10-6-8-12-16(14)20/h1-2,5-12,17-18H. The Morgan fingerprint density at radius 2 is 1.14 bits per heavy atom. The molecule has 0 saturated carbocycles. The van der Waals surface area contributed by atoms with Gasteiger partial charge in [0.25, 0.3) is 0 Å². The van der Waals surface area contributed by atoms with E-state index in [0.29, 0.717) is 0 Å². The lowest BCUT2D eigenvalue weighted by molar-refractivity contribution is 0.0476. The van der Waals surface area contributed by atoms with Gasteiger partial charge in [0, 0.05) is 11.1 Å². The van der Waals surface area contributed by atoms with E-state index in [-0.39, 0.29) is 11.1 Å². The average Bonchev–Trinajstić information content (AvgIpc) is 2.51. The minimum absolute atomic E-state index is 0.191. The van der Waals surface area contributed by atoms with Crippen molar-refractivity contribution < 1.29 is 13.5 Å². The largest absolute Gasteiger partial charge is 0.340 e. The molecule has 0 aliphatic rings. The molecule has 0 saturated heterocycles. The van der Waals surface area contributed by atoms with Gasteiger partial charge in [-0.05, 0) is 12.1 Å². The first-order valence-electron chi connectivity index (χ1n) is 6.24. The Hall–Kier alpha value is -2.62. The zero-order valence-corrected chi connectivity index (χ0v) is 11.1. The van der Waals surface area contributed by atoms with E-state index in [1.54, 1.807) is 24.3 Å². The molecule has 3 heteroatoms. The normalized spacial score (nSPS) is 13.0. The zero-order valence-electron chi connectivity index (χ0n) is 11.1. The molecule has 2 atom stereocenters. The van der Waals surface area contributed by atoms with Crippen molar-refractivity contribution in [3.8, 4) is 24.7 Å². The number of halogens is 2. The summed E-state index contributed by atoms with van der Waals surface area (Å²) < 4.78 is 33.1. The van der Waals surface area contributed by atoms with Gasteiger partial charge in [0.1, 0.15) is 23.8 Å². The predicted molar refractivity (Wildman–Crippen MR) is 77.0 cm³/mol. The van der Waals surface area contributed by atoms with E-state index >= 15 is 0 Å². The molecule has 0 amide bonds. The Labute approximate surface area is 122 Å². The van der Waals surface area contributed by atoms with Crippen LogP contribution in [-0.4, -0.2) is 0 Å². The molecule has 0 radical (unpaired) electrons. The molecule has 2 unspecified atom stereocenters. The molecule has 1 nitrogen and oxygen atoms in total. The van der Waals surface area contributed by atoms with Gasteiger partial charge in [-0.2, -0.15) is 0 Å². The third-order valence-electron chi connectivity index (χ3n) is 2.95. The molecule has 0 fully saturated rings. The van der Waals surface area contributed by atoms with Crippen LogP contribution < -0.4 is 0 Å². The fourth-order valence-electron chi connectivity index (χ4n) is 1.92. The summed E-state index contributed by atoms with van der Waals surface area (Å²) >= 11 is 0. The van der Waals surface area contributed by atoms with Gasteiger partial charge in [-0.1, -0.05) is 48.2 Å². The number of hydrogen-bond donors (Lipinski definition) is 0. The van der Waals surface area contributed by atoms with Gasteiger partial charge in [0.2, 0.25) is 0 Å². The minimum atomic E-state index is -0.994. The summed E-state index contributed by atoms with van der Waals surface area (Å²) in [5.41, 5.74) is 0.383. The fraction of sp³-hybridized carbons (Fsp3) is 0.111. The monoisotopic (exact) mass is 282 g/mol. The first kappa shape index (κ1) is 14.8. The van der Waals surface area contributed by atoms with E-state index in [4.69, 9.17) is 17.6 Å². The molecule has 104 valence electrons. The van der Waals surface area contributed by atoms with Crippen LogP contribution in [0.25, 0.3) is 0 Å². The maximum atomic E-state index is 13.8. The highest BCUT2D eigenvalue weighted by Crippen LogP contribution is 2.28. The second-order valence-electron chi connectivity index (χ2n) is 4.27.